The molecular weight excluding hydrogens is 346 g/mol. The highest BCUT2D eigenvalue weighted by Gasteiger charge is 2.37. The van der Waals surface area contributed by atoms with Crippen LogP contribution in [0.15, 0.2) is 24.3 Å². The first-order valence-electron chi connectivity index (χ1n) is 6.28. The van der Waals surface area contributed by atoms with Gasteiger partial charge in [0, 0.05) is 11.6 Å². The molecule has 0 heterocycles. The fourth-order valence-electron chi connectivity index (χ4n) is 1.57. The Morgan fingerprint density at radius 3 is 1.88 bits per heavy atom. The molecule has 1 aromatic carbocycles. The van der Waals surface area contributed by atoms with Crippen LogP contribution in [-0.4, -0.2) is 23.5 Å². The standard InChI is InChI=1S/C14H10F6O4/c1-2-24-12(23)11(22)6-10(21)7-3-8(13(15,16)17)5-9(4-7)14(18,19)20/h3-6,21H,2H2,1H3/b10-6+. The van der Waals surface area contributed by atoms with Gasteiger partial charge >= 0.3 is 18.3 Å². The number of carbonyl (C=O) groups is 2. The molecule has 0 bridgehead atoms. The van der Waals surface area contributed by atoms with E-state index < -0.39 is 46.6 Å². The van der Waals surface area contributed by atoms with Crippen molar-refractivity contribution >= 4 is 17.5 Å². The number of alkyl halides is 6. The molecule has 0 spiro atoms. The summed E-state index contributed by atoms with van der Waals surface area (Å²) < 4.78 is 80.4. The maximum atomic E-state index is 12.7. The van der Waals surface area contributed by atoms with E-state index in [2.05, 4.69) is 4.74 Å². The van der Waals surface area contributed by atoms with Gasteiger partial charge in [0.2, 0.25) is 0 Å². The second kappa shape index (κ2) is 6.93. The third-order valence-electron chi connectivity index (χ3n) is 2.63. The Bertz CT molecular complexity index is 641. The molecule has 10 heteroatoms. The van der Waals surface area contributed by atoms with Crippen LogP contribution in [-0.2, 0) is 26.7 Å². The Hall–Kier alpha value is -2.52. The summed E-state index contributed by atoms with van der Waals surface area (Å²) in [5, 5.41) is 9.59. The van der Waals surface area contributed by atoms with E-state index in [-0.39, 0.29) is 30.9 Å². The third kappa shape index (κ3) is 5.00. The van der Waals surface area contributed by atoms with Crippen molar-refractivity contribution in [1.82, 2.24) is 0 Å². The van der Waals surface area contributed by atoms with Crippen LogP contribution in [0.25, 0.3) is 5.76 Å². The van der Waals surface area contributed by atoms with E-state index in [1.165, 1.54) is 6.92 Å². The van der Waals surface area contributed by atoms with Crippen molar-refractivity contribution in [2.75, 3.05) is 6.61 Å². The molecule has 0 aromatic heterocycles. The first-order valence-corrected chi connectivity index (χ1v) is 6.28. The molecule has 0 amide bonds. The zero-order valence-electron chi connectivity index (χ0n) is 12.0. The smallest absolute Gasteiger partial charge is 0.416 e. The average Bonchev–Trinajstić information content (AvgIpc) is 2.45. The molecule has 0 aliphatic heterocycles. The summed E-state index contributed by atoms with van der Waals surface area (Å²) >= 11 is 0. The average molecular weight is 356 g/mol. The Balaban J connectivity index is 3.37. The normalized spacial score (nSPS) is 12.9. The lowest BCUT2D eigenvalue weighted by molar-refractivity contribution is -0.151. The Kier molecular flexibility index (Phi) is 5.64. The molecule has 0 fully saturated rings. The number of ketones is 1. The number of aliphatic hydroxyl groups excluding tert-OH is 1. The molecular formula is C14H10F6O4. The number of hydrogen-bond acceptors (Lipinski definition) is 4. The van der Waals surface area contributed by atoms with E-state index in [1.54, 1.807) is 0 Å². The van der Waals surface area contributed by atoms with E-state index in [1.807, 2.05) is 0 Å². The Morgan fingerprint density at radius 2 is 1.50 bits per heavy atom. The van der Waals surface area contributed by atoms with Crippen LogP contribution in [0.2, 0.25) is 0 Å². The molecule has 4 nitrogen and oxygen atoms in total. The Morgan fingerprint density at radius 1 is 1.04 bits per heavy atom. The van der Waals surface area contributed by atoms with Gasteiger partial charge in [0.1, 0.15) is 5.76 Å². The summed E-state index contributed by atoms with van der Waals surface area (Å²) in [4.78, 5) is 22.4. The van der Waals surface area contributed by atoms with Crippen LogP contribution in [0.5, 0.6) is 0 Å². The summed E-state index contributed by atoms with van der Waals surface area (Å²) in [6.07, 6.45) is -10.0. The maximum absolute atomic E-state index is 12.7. The molecule has 0 atom stereocenters. The monoisotopic (exact) mass is 356 g/mol. The summed E-state index contributed by atoms with van der Waals surface area (Å²) in [6.45, 7) is 1.19. The molecule has 0 saturated heterocycles. The number of esters is 1. The summed E-state index contributed by atoms with van der Waals surface area (Å²) in [6, 6.07) is 0.308. The molecule has 0 aliphatic carbocycles. The number of rotatable bonds is 4. The van der Waals surface area contributed by atoms with Crippen molar-refractivity contribution < 1.29 is 45.8 Å². The number of ether oxygens (including phenoxy) is 1. The lowest BCUT2D eigenvalue weighted by Crippen LogP contribution is -2.15. The van der Waals surface area contributed by atoms with Crippen molar-refractivity contribution in [2.45, 2.75) is 19.3 Å². The van der Waals surface area contributed by atoms with Gasteiger partial charge in [-0.05, 0) is 25.1 Å². The highest BCUT2D eigenvalue weighted by Crippen LogP contribution is 2.37. The number of benzene rings is 1. The second-order valence-corrected chi connectivity index (χ2v) is 4.41. The highest BCUT2D eigenvalue weighted by molar-refractivity contribution is 6.39. The minimum absolute atomic E-state index is 0.135. The van der Waals surface area contributed by atoms with Crippen molar-refractivity contribution in [3.05, 3.63) is 41.0 Å². The number of hydrogen-bond donors (Lipinski definition) is 1. The third-order valence-corrected chi connectivity index (χ3v) is 2.63. The van der Waals surface area contributed by atoms with Crippen molar-refractivity contribution in [2.24, 2.45) is 0 Å². The quantitative estimate of drug-likeness (QED) is 0.293. The van der Waals surface area contributed by atoms with Gasteiger partial charge < -0.3 is 9.84 Å². The van der Waals surface area contributed by atoms with Gasteiger partial charge in [-0.15, -0.1) is 0 Å². The van der Waals surface area contributed by atoms with Gasteiger partial charge in [0.25, 0.3) is 5.78 Å². The molecule has 0 aliphatic rings. The van der Waals surface area contributed by atoms with Crippen molar-refractivity contribution in [3.63, 3.8) is 0 Å². The Labute approximate surface area is 131 Å². The van der Waals surface area contributed by atoms with Crippen LogP contribution < -0.4 is 0 Å². The molecule has 1 N–H and O–H groups in total. The maximum Gasteiger partial charge on any atom is 0.416 e. The van der Waals surface area contributed by atoms with Gasteiger partial charge in [-0.2, -0.15) is 26.3 Å². The van der Waals surface area contributed by atoms with Crippen LogP contribution in [0.1, 0.15) is 23.6 Å². The van der Waals surface area contributed by atoms with Crippen LogP contribution in [0.3, 0.4) is 0 Å². The van der Waals surface area contributed by atoms with Gasteiger partial charge in [-0.3, -0.25) is 4.79 Å². The summed E-state index contributed by atoms with van der Waals surface area (Å²) in [5.41, 5.74) is -4.26. The predicted molar refractivity (Wildman–Crippen MR) is 68.7 cm³/mol. The van der Waals surface area contributed by atoms with Crippen LogP contribution in [0.4, 0.5) is 26.3 Å². The summed E-state index contributed by atoms with van der Waals surface area (Å²) in [5.74, 6) is -4.07. The highest BCUT2D eigenvalue weighted by atomic mass is 19.4. The minimum Gasteiger partial charge on any atom is -0.507 e. The lowest BCUT2D eigenvalue weighted by atomic mass is 10.0. The second-order valence-electron chi connectivity index (χ2n) is 4.41. The van der Waals surface area contributed by atoms with Gasteiger partial charge in [0.15, 0.2) is 0 Å². The number of aliphatic hydroxyl groups is 1. The largest absolute Gasteiger partial charge is 0.507 e. The van der Waals surface area contributed by atoms with Crippen LogP contribution >= 0.6 is 0 Å². The molecule has 132 valence electrons. The van der Waals surface area contributed by atoms with Crippen LogP contribution in [0, 0.1) is 0 Å². The zero-order chi connectivity index (χ0) is 18.7. The molecule has 0 saturated carbocycles. The minimum atomic E-state index is -5.11. The molecule has 1 aromatic rings. The fourth-order valence-corrected chi connectivity index (χ4v) is 1.57. The van der Waals surface area contributed by atoms with Gasteiger partial charge in [-0.25, -0.2) is 4.79 Å². The van der Waals surface area contributed by atoms with E-state index in [4.69, 9.17) is 0 Å². The first kappa shape index (κ1) is 19.5. The van der Waals surface area contributed by atoms with Gasteiger partial charge in [-0.1, -0.05) is 0 Å². The molecule has 1 rings (SSSR count). The molecule has 24 heavy (non-hydrogen) atoms. The van der Waals surface area contributed by atoms with Gasteiger partial charge in [0.05, 0.1) is 17.7 Å². The fraction of sp³-hybridized carbons (Fsp3) is 0.286. The first-order chi connectivity index (χ1) is 10.9. The predicted octanol–water partition coefficient (Wildman–Crippen LogP) is 3.76. The zero-order valence-corrected chi connectivity index (χ0v) is 12.0. The summed E-state index contributed by atoms with van der Waals surface area (Å²) in [7, 11) is 0. The number of halogens is 6. The van der Waals surface area contributed by atoms with E-state index in [0.717, 1.165) is 0 Å². The van der Waals surface area contributed by atoms with E-state index >= 15 is 0 Å². The topological polar surface area (TPSA) is 63.6 Å². The van der Waals surface area contributed by atoms with E-state index in [0.29, 0.717) is 0 Å². The SMILES string of the molecule is CCOC(=O)C(=O)/C=C(/O)c1cc(C(F)(F)F)cc(C(F)(F)F)c1. The van der Waals surface area contributed by atoms with Crippen molar-refractivity contribution in [3.8, 4) is 0 Å². The number of carbonyl (C=O) groups excluding carboxylic acids is 2. The lowest BCUT2D eigenvalue weighted by Gasteiger charge is -2.13. The van der Waals surface area contributed by atoms with E-state index in [9.17, 15) is 41.0 Å². The van der Waals surface area contributed by atoms with Crippen molar-refractivity contribution in [1.29, 1.82) is 0 Å². The molecule has 0 unspecified atom stereocenters. The molecule has 0 radical (unpaired) electrons.